The second-order valence-electron chi connectivity index (χ2n) is 19.6. The van der Waals surface area contributed by atoms with Crippen molar-refractivity contribution in [2.24, 2.45) is 56.7 Å². The maximum atomic E-state index is 12.9. The molecule has 2 heterocycles. The zero-order valence-electron chi connectivity index (χ0n) is 30.2. The van der Waals surface area contributed by atoms with Crippen LogP contribution >= 0.6 is 0 Å². The Balaban J connectivity index is 1.01. The van der Waals surface area contributed by atoms with E-state index < -0.39 is 23.9 Å². The van der Waals surface area contributed by atoms with Gasteiger partial charge in [-0.05, 0) is 129 Å². The molecule has 0 aromatic carbocycles. The van der Waals surface area contributed by atoms with E-state index in [4.69, 9.17) is 14.2 Å². The molecule has 0 aromatic rings. The summed E-state index contributed by atoms with van der Waals surface area (Å²) in [4.78, 5) is 14.9. The summed E-state index contributed by atoms with van der Waals surface area (Å²) in [6.07, 6.45) is 9.23. The smallest absolute Gasteiger partial charge is 0.223 e. The van der Waals surface area contributed by atoms with Gasteiger partial charge < -0.3 is 34.4 Å². The van der Waals surface area contributed by atoms with Crippen LogP contribution in [0.25, 0.3) is 0 Å². The van der Waals surface area contributed by atoms with Gasteiger partial charge in [0.05, 0.1) is 43.2 Å². The number of ether oxygens (including phenoxy) is 3. The standard InChI is InChI=1S/C39H63NO7/c1-22-18-24(32(42)35(4,5)44)46-31-30(22)36(6)14-15-39-21-38(39)13-12-27(34(2,3)25(38)10-11-26(39)37(36,7)33(31)43)47-29-20-40(16-17-45-29)28(41)19-23-8-9-23/h22-27,29-33,42-44H,8-21H2,1-7H3/t22-,24?,25+,26?,27?,29+,30+,31?,32+,33+,36-,37-,38-,39+/m1/s1. The van der Waals surface area contributed by atoms with Crippen molar-refractivity contribution in [2.75, 3.05) is 19.7 Å². The molecule has 0 bridgehead atoms. The fourth-order valence-electron chi connectivity index (χ4n) is 14.0. The molecule has 8 rings (SSSR count). The highest BCUT2D eigenvalue weighted by molar-refractivity contribution is 5.76. The molecule has 2 spiro atoms. The largest absolute Gasteiger partial charge is 0.390 e. The maximum absolute atomic E-state index is 12.9. The lowest BCUT2D eigenvalue weighted by Gasteiger charge is -2.64. The second kappa shape index (κ2) is 10.6. The monoisotopic (exact) mass is 657 g/mol. The van der Waals surface area contributed by atoms with Gasteiger partial charge in [-0.15, -0.1) is 0 Å². The van der Waals surface area contributed by atoms with E-state index in [1.165, 1.54) is 32.1 Å². The van der Waals surface area contributed by atoms with Gasteiger partial charge in [0.2, 0.25) is 5.91 Å². The molecule has 0 radical (unpaired) electrons. The van der Waals surface area contributed by atoms with Crippen LogP contribution in [0.1, 0.15) is 119 Å². The SMILES string of the molecule is C[C@@H]1CC([C@H](O)C(C)(C)O)OC2[C@H]1[C@@]1(C)CC[C@@]34C[C@@]35CCC(O[C@H]3CN(C(=O)CC6CC6)CCO3)C(C)(C)[C@@H]5CCC4[C@]1(C)[C@H]2O. The average molecular weight is 658 g/mol. The van der Waals surface area contributed by atoms with Crippen molar-refractivity contribution in [1.82, 2.24) is 4.90 Å². The third-order valence-corrected chi connectivity index (χ3v) is 16.7. The van der Waals surface area contributed by atoms with Crippen LogP contribution < -0.4 is 0 Å². The molecule has 6 saturated carbocycles. The molecule has 14 atom stereocenters. The van der Waals surface area contributed by atoms with Crippen LogP contribution in [0.5, 0.6) is 0 Å². The Kier molecular flexibility index (Phi) is 7.55. The van der Waals surface area contributed by atoms with Crippen LogP contribution in [0.2, 0.25) is 0 Å². The van der Waals surface area contributed by atoms with Crippen molar-refractivity contribution in [3.05, 3.63) is 0 Å². The number of aliphatic hydroxyl groups is 3. The van der Waals surface area contributed by atoms with E-state index in [-0.39, 0.29) is 52.0 Å². The minimum Gasteiger partial charge on any atom is -0.390 e. The summed E-state index contributed by atoms with van der Waals surface area (Å²) in [6.45, 7) is 17.1. The number of hydrogen-bond acceptors (Lipinski definition) is 7. The first kappa shape index (κ1) is 33.4. The lowest BCUT2D eigenvalue weighted by Crippen LogP contribution is -2.60. The van der Waals surface area contributed by atoms with E-state index in [1.54, 1.807) is 13.8 Å². The van der Waals surface area contributed by atoms with Crippen LogP contribution in [-0.4, -0.2) is 88.2 Å². The number of carbonyl (C=O) groups is 1. The first-order chi connectivity index (χ1) is 22.0. The molecule has 6 aliphatic carbocycles. The molecule has 2 aliphatic heterocycles. The first-order valence-electron chi connectivity index (χ1n) is 19.3. The van der Waals surface area contributed by atoms with Crippen molar-refractivity contribution >= 4 is 5.91 Å². The van der Waals surface area contributed by atoms with Gasteiger partial charge >= 0.3 is 0 Å². The molecular weight excluding hydrogens is 594 g/mol. The summed E-state index contributed by atoms with van der Waals surface area (Å²) in [5, 5.41) is 34.1. The second-order valence-corrected chi connectivity index (χ2v) is 19.6. The molecule has 8 nitrogen and oxygen atoms in total. The van der Waals surface area contributed by atoms with E-state index in [0.717, 1.165) is 25.7 Å². The van der Waals surface area contributed by atoms with E-state index in [2.05, 4.69) is 34.6 Å². The number of nitrogens with zero attached hydrogens (tertiary/aromatic N) is 1. The molecule has 1 amide bonds. The Labute approximate surface area is 282 Å². The number of hydrogen-bond donors (Lipinski definition) is 3. The Morgan fingerprint density at radius 2 is 1.72 bits per heavy atom. The van der Waals surface area contributed by atoms with E-state index in [9.17, 15) is 20.1 Å². The molecule has 8 aliphatic rings. The van der Waals surface area contributed by atoms with Gasteiger partial charge in [0.1, 0.15) is 6.10 Å². The van der Waals surface area contributed by atoms with Gasteiger partial charge in [-0.2, -0.15) is 0 Å². The fourth-order valence-corrected chi connectivity index (χ4v) is 14.0. The van der Waals surface area contributed by atoms with Gasteiger partial charge in [-0.3, -0.25) is 4.79 Å². The third kappa shape index (κ3) is 4.55. The molecule has 0 aromatic heterocycles. The molecular formula is C39H63NO7. The molecule has 2 saturated heterocycles. The van der Waals surface area contributed by atoms with Gasteiger partial charge in [-0.25, -0.2) is 0 Å². The number of aliphatic hydroxyl groups excluding tert-OH is 2. The summed E-state index contributed by atoms with van der Waals surface area (Å²) in [6, 6.07) is 0. The molecule has 4 unspecified atom stereocenters. The van der Waals surface area contributed by atoms with Gasteiger partial charge in [0.25, 0.3) is 0 Å². The quantitative estimate of drug-likeness (QED) is 0.356. The highest BCUT2D eigenvalue weighted by Crippen LogP contribution is 2.89. The Hall–Kier alpha value is -0.770. The summed E-state index contributed by atoms with van der Waals surface area (Å²) in [7, 11) is 0. The zero-order chi connectivity index (χ0) is 33.5. The van der Waals surface area contributed by atoms with E-state index in [0.29, 0.717) is 61.6 Å². The van der Waals surface area contributed by atoms with Gasteiger partial charge in [-0.1, -0.05) is 34.6 Å². The molecule has 8 fully saturated rings. The first-order valence-corrected chi connectivity index (χ1v) is 19.3. The molecule has 266 valence electrons. The lowest BCUT2D eigenvalue weighted by molar-refractivity contribution is -0.248. The molecule has 3 N–H and O–H groups in total. The van der Waals surface area contributed by atoms with Crippen LogP contribution in [0.3, 0.4) is 0 Å². The average Bonchev–Trinajstić information content (AvgIpc) is 3.93. The van der Waals surface area contributed by atoms with Crippen LogP contribution in [-0.2, 0) is 19.0 Å². The van der Waals surface area contributed by atoms with Crippen molar-refractivity contribution < 1.29 is 34.3 Å². The Morgan fingerprint density at radius 3 is 2.43 bits per heavy atom. The van der Waals surface area contributed by atoms with Crippen LogP contribution in [0, 0.1) is 56.7 Å². The number of rotatable bonds is 6. The topological polar surface area (TPSA) is 109 Å². The molecule has 47 heavy (non-hydrogen) atoms. The third-order valence-electron chi connectivity index (χ3n) is 16.7. The van der Waals surface area contributed by atoms with E-state index >= 15 is 0 Å². The van der Waals surface area contributed by atoms with Crippen molar-refractivity contribution in [3.63, 3.8) is 0 Å². The minimum absolute atomic E-state index is 0.00159. The zero-order valence-corrected chi connectivity index (χ0v) is 30.2. The molecule has 8 heteroatoms. The highest BCUT2D eigenvalue weighted by Gasteiger charge is 2.84. The van der Waals surface area contributed by atoms with Gasteiger partial charge in [0.15, 0.2) is 6.29 Å². The summed E-state index contributed by atoms with van der Waals surface area (Å²) >= 11 is 0. The summed E-state index contributed by atoms with van der Waals surface area (Å²) < 4.78 is 19.6. The summed E-state index contributed by atoms with van der Waals surface area (Å²) in [5.41, 5.74) is -1.01. The minimum atomic E-state index is -1.25. The Morgan fingerprint density at radius 1 is 1.02 bits per heavy atom. The van der Waals surface area contributed by atoms with Crippen LogP contribution in [0.15, 0.2) is 0 Å². The van der Waals surface area contributed by atoms with Crippen molar-refractivity contribution in [1.29, 1.82) is 0 Å². The summed E-state index contributed by atoms with van der Waals surface area (Å²) in [5.74, 6) is 2.40. The number of fused-ring (bicyclic) bond motifs is 4. The van der Waals surface area contributed by atoms with Crippen molar-refractivity contribution in [2.45, 2.75) is 162 Å². The predicted octanol–water partition coefficient (Wildman–Crippen LogP) is 5.30. The maximum Gasteiger partial charge on any atom is 0.223 e. The number of carbonyl (C=O) groups excluding carboxylic acids is 1. The highest BCUT2D eigenvalue weighted by atomic mass is 16.7. The normalized spacial score (nSPS) is 52.4. The lowest BCUT2D eigenvalue weighted by atomic mass is 9.41. The number of morpholine rings is 1. The van der Waals surface area contributed by atoms with E-state index in [1.807, 2.05) is 4.90 Å². The fraction of sp³-hybridized carbons (Fsp3) is 0.974. The predicted molar refractivity (Wildman–Crippen MR) is 177 cm³/mol. The van der Waals surface area contributed by atoms with Crippen LogP contribution in [0.4, 0.5) is 0 Å². The Bertz CT molecular complexity index is 1260. The number of amides is 1. The van der Waals surface area contributed by atoms with Crippen molar-refractivity contribution in [3.8, 4) is 0 Å². The van der Waals surface area contributed by atoms with Gasteiger partial charge in [0, 0.05) is 18.4 Å².